The highest BCUT2D eigenvalue weighted by molar-refractivity contribution is 7.89. The van der Waals surface area contributed by atoms with Gasteiger partial charge in [0.2, 0.25) is 15.9 Å². The molecule has 3 aromatic carbocycles. The van der Waals surface area contributed by atoms with Crippen molar-refractivity contribution in [1.29, 1.82) is 0 Å². The van der Waals surface area contributed by atoms with Crippen molar-refractivity contribution in [2.24, 2.45) is 0 Å². The quantitative estimate of drug-likeness (QED) is 0.643. The smallest absolute Gasteiger partial charge is 0.248 e. The van der Waals surface area contributed by atoms with Gasteiger partial charge >= 0.3 is 0 Å². The van der Waals surface area contributed by atoms with E-state index in [4.69, 9.17) is 0 Å². The van der Waals surface area contributed by atoms with Crippen LogP contribution in [0.15, 0.2) is 77.7 Å². The maximum absolute atomic E-state index is 12.6. The van der Waals surface area contributed by atoms with Crippen molar-refractivity contribution in [3.8, 4) is 0 Å². The Kier molecular flexibility index (Phi) is 5.47. The number of hydrogen-bond acceptors (Lipinski definition) is 3. The summed E-state index contributed by atoms with van der Waals surface area (Å²) >= 11 is 0. The maximum atomic E-state index is 12.6. The van der Waals surface area contributed by atoms with Crippen molar-refractivity contribution >= 4 is 38.5 Å². The summed E-state index contributed by atoms with van der Waals surface area (Å²) in [6.07, 6.45) is 5.06. The summed E-state index contributed by atoms with van der Waals surface area (Å²) in [5.41, 5.74) is 1.52. The zero-order valence-corrected chi connectivity index (χ0v) is 16.7. The van der Waals surface area contributed by atoms with Gasteiger partial charge in [0, 0.05) is 24.9 Å². The fourth-order valence-corrected chi connectivity index (χ4v) is 5.05. The van der Waals surface area contributed by atoms with Gasteiger partial charge in [0.25, 0.3) is 0 Å². The second kappa shape index (κ2) is 8.19. The molecule has 3 aromatic rings. The van der Waals surface area contributed by atoms with Gasteiger partial charge in [-0.1, -0.05) is 42.5 Å². The molecule has 148 valence electrons. The predicted octanol–water partition coefficient (Wildman–Crippen LogP) is 4.28. The Morgan fingerprint density at radius 1 is 0.897 bits per heavy atom. The van der Waals surface area contributed by atoms with Crippen LogP contribution in [0.5, 0.6) is 0 Å². The first-order valence-corrected chi connectivity index (χ1v) is 11.1. The monoisotopic (exact) mass is 406 g/mol. The number of anilines is 1. The van der Waals surface area contributed by atoms with E-state index < -0.39 is 10.0 Å². The van der Waals surface area contributed by atoms with Crippen LogP contribution in [-0.4, -0.2) is 31.7 Å². The molecule has 0 saturated carbocycles. The van der Waals surface area contributed by atoms with Crippen molar-refractivity contribution in [3.63, 3.8) is 0 Å². The number of fused-ring (bicyclic) bond motifs is 1. The highest BCUT2D eigenvalue weighted by atomic mass is 32.2. The van der Waals surface area contributed by atoms with E-state index in [2.05, 4.69) is 5.32 Å². The second-order valence-corrected chi connectivity index (χ2v) is 8.96. The van der Waals surface area contributed by atoms with Gasteiger partial charge in [-0.2, -0.15) is 4.31 Å². The largest absolute Gasteiger partial charge is 0.323 e. The highest BCUT2D eigenvalue weighted by Gasteiger charge is 2.26. The number of rotatable bonds is 5. The van der Waals surface area contributed by atoms with Crippen molar-refractivity contribution in [2.45, 2.75) is 17.7 Å². The topological polar surface area (TPSA) is 66.5 Å². The van der Waals surface area contributed by atoms with Gasteiger partial charge in [-0.3, -0.25) is 4.79 Å². The fraction of sp³-hybridized carbons (Fsp3) is 0.174. The Labute approximate surface area is 170 Å². The van der Waals surface area contributed by atoms with E-state index in [1.807, 2.05) is 42.5 Å². The molecular weight excluding hydrogens is 384 g/mol. The van der Waals surface area contributed by atoms with Gasteiger partial charge < -0.3 is 5.32 Å². The average molecular weight is 407 g/mol. The minimum atomic E-state index is -3.44. The molecule has 4 rings (SSSR count). The van der Waals surface area contributed by atoms with E-state index in [0.717, 1.165) is 29.2 Å². The lowest BCUT2D eigenvalue weighted by Gasteiger charge is -2.15. The lowest BCUT2D eigenvalue weighted by atomic mass is 10.0. The van der Waals surface area contributed by atoms with Crippen molar-refractivity contribution in [3.05, 3.63) is 78.4 Å². The van der Waals surface area contributed by atoms with Crippen LogP contribution >= 0.6 is 0 Å². The van der Waals surface area contributed by atoms with E-state index in [0.29, 0.717) is 18.8 Å². The number of sulfonamides is 1. The van der Waals surface area contributed by atoms with Crippen molar-refractivity contribution in [2.75, 3.05) is 18.4 Å². The maximum Gasteiger partial charge on any atom is 0.248 e. The number of benzene rings is 3. The molecule has 1 heterocycles. The molecule has 1 aliphatic heterocycles. The van der Waals surface area contributed by atoms with Gasteiger partial charge in [-0.05, 0) is 59.5 Å². The summed E-state index contributed by atoms with van der Waals surface area (Å²) in [6, 6.07) is 20.3. The van der Waals surface area contributed by atoms with Gasteiger partial charge in [0.05, 0.1) is 4.90 Å². The van der Waals surface area contributed by atoms with Crippen molar-refractivity contribution < 1.29 is 13.2 Å². The predicted molar refractivity (Wildman–Crippen MR) is 116 cm³/mol. The molecule has 6 heteroatoms. The standard InChI is InChI=1S/C23H22N2O3S/c26-23(15-10-19-8-5-7-18-6-1-2-9-22(18)19)24-20-11-13-21(14-12-20)29(27,28)25-16-3-4-17-25/h1-2,5-15H,3-4,16-17H2,(H,24,26). The first kappa shape index (κ1) is 19.4. The first-order chi connectivity index (χ1) is 14.0. The Balaban J connectivity index is 1.45. The van der Waals surface area contributed by atoms with Gasteiger partial charge in [-0.25, -0.2) is 8.42 Å². The summed E-state index contributed by atoms with van der Waals surface area (Å²) in [5.74, 6) is -0.270. The van der Waals surface area contributed by atoms with Crippen LogP contribution in [0.1, 0.15) is 18.4 Å². The number of amides is 1. The summed E-state index contributed by atoms with van der Waals surface area (Å²) in [5, 5.41) is 4.97. The average Bonchev–Trinajstić information content (AvgIpc) is 3.28. The third-order valence-corrected chi connectivity index (χ3v) is 6.98. The molecule has 0 spiro atoms. The number of nitrogens with one attached hydrogen (secondary N) is 1. The molecule has 0 atom stereocenters. The molecule has 0 radical (unpaired) electrons. The van der Waals surface area contributed by atoms with Crippen LogP contribution in [0.25, 0.3) is 16.8 Å². The lowest BCUT2D eigenvalue weighted by Crippen LogP contribution is -2.27. The SMILES string of the molecule is O=C(C=Cc1cccc2ccccc12)Nc1ccc(S(=O)(=O)N2CCCC2)cc1. The van der Waals surface area contributed by atoms with Crippen LogP contribution < -0.4 is 5.32 Å². The molecule has 0 unspecified atom stereocenters. The normalized spacial score (nSPS) is 15.2. The Morgan fingerprint density at radius 3 is 2.34 bits per heavy atom. The molecule has 0 bridgehead atoms. The summed E-state index contributed by atoms with van der Waals surface area (Å²) < 4.78 is 26.6. The zero-order chi connectivity index (χ0) is 20.3. The summed E-state index contributed by atoms with van der Waals surface area (Å²) in [6.45, 7) is 1.14. The molecule has 0 aliphatic carbocycles. The molecule has 1 N–H and O–H groups in total. The van der Waals surface area contributed by atoms with Crippen molar-refractivity contribution in [1.82, 2.24) is 4.31 Å². The molecule has 29 heavy (non-hydrogen) atoms. The minimum Gasteiger partial charge on any atom is -0.323 e. The molecule has 1 saturated heterocycles. The van der Waals surface area contributed by atoms with Crippen LogP contribution in [0, 0.1) is 0 Å². The molecular formula is C23H22N2O3S. The Bertz CT molecular complexity index is 1160. The van der Waals surface area contributed by atoms with Gasteiger partial charge in [0.1, 0.15) is 0 Å². The summed E-state index contributed by atoms with van der Waals surface area (Å²) in [4.78, 5) is 12.5. The van der Waals surface area contributed by atoms with Crippen LogP contribution in [0.4, 0.5) is 5.69 Å². The molecule has 1 aliphatic rings. The second-order valence-electron chi connectivity index (χ2n) is 7.03. The minimum absolute atomic E-state index is 0.253. The number of nitrogens with zero attached hydrogens (tertiary/aromatic N) is 1. The third kappa shape index (κ3) is 4.23. The number of carbonyl (C=O) groups is 1. The molecule has 0 aromatic heterocycles. The summed E-state index contributed by atoms with van der Waals surface area (Å²) in [7, 11) is -3.44. The fourth-order valence-electron chi connectivity index (χ4n) is 3.53. The lowest BCUT2D eigenvalue weighted by molar-refractivity contribution is -0.111. The van der Waals surface area contributed by atoms with Crippen LogP contribution in [0.2, 0.25) is 0 Å². The van der Waals surface area contributed by atoms with Crippen LogP contribution in [0.3, 0.4) is 0 Å². The van der Waals surface area contributed by atoms with E-state index in [-0.39, 0.29) is 10.8 Å². The first-order valence-electron chi connectivity index (χ1n) is 9.61. The van der Waals surface area contributed by atoms with E-state index in [9.17, 15) is 13.2 Å². The highest BCUT2D eigenvalue weighted by Crippen LogP contribution is 2.22. The van der Waals surface area contributed by atoms with E-state index in [1.165, 1.54) is 22.5 Å². The van der Waals surface area contributed by atoms with E-state index in [1.54, 1.807) is 18.2 Å². The zero-order valence-electron chi connectivity index (χ0n) is 15.9. The Hall–Kier alpha value is -2.96. The molecule has 1 fully saturated rings. The number of carbonyl (C=O) groups excluding carboxylic acids is 1. The van der Waals surface area contributed by atoms with E-state index >= 15 is 0 Å². The Morgan fingerprint density at radius 2 is 1.59 bits per heavy atom. The third-order valence-electron chi connectivity index (χ3n) is 5.06. The molecule has 5 nitrogen and oxygen atoms in total. The van der Waals surface area contributed by atoms with Gasteiger partial charge in [-0.15, -0.1) is 0 Å². The number of hydrogen-bond donors (Lipinski definition) is 1. The van der Waals surface area contributed by atoms with Gasteiger partial charge in [0.15, 0.2) is 0 Å². The van der Waals surface area contributed by atoms with Crippen LogP contribution in [-0.2, 0) is 14.8 Å². The molecule has 1 amide bonds.